The molecular formula is C12H14F2N2O4. The molecule has 0 spiro atoms. The quantitative estimate of drug-likeness (QED) is 0.642. The maximum Gasteiger partial charge on any atom is 0.308 e. The number of nitrogens with zero attached hydrogens (tertiary/aromatic N) is 2. The Morgan fingerprint density at radius 3 is 2.30 bits per heavy atom. The van der Waals surface area contributed by atoms with E-state index >= 15 is 0 Å². The Morgan fingerprint density at radius 1 is 1.45 bits per heavy atom. The molecule has 0 aliphatic rings. The molecule has 0 aliphatic carbocycles. The van der Waals surface area contributed by atoms with Gasteiger partial charge in [0, 0.05) is 13.1 Å². The molecule has 0 saturated carbocycles. The van der Waals surface area contributed by atoms with Gasteiger partial charge < -0.3 is 10.0 Å². The topological polar surface area (TPSA) is 83.7 Å². The minimum Gasteiger partial charge on any atom is -0.481 e. The lowest BCUT2D eigenvalue weighted by atomic mass is 10.1. The van der Waals surface area contributed by atoms with Crippen molar-refractivity contribution in [2.75, 3.05) is 18.0 Å². The number of carbonyl (C=O) groups is 1. The second-order valence-electron chi connectivity index (χ2n) is 4.29. The summed E-state index contributed by atoms with van der Waals surface area (Å²) in [4.78, 5) is 21.6. The van der Waals surface area contributed by atoms with Crippen LogP contribution < -0.4 is 4.90 Å². The zero-order valence-corrected chi connectivity index (χ0v) is 11.0. The van der Waals surface area contributed by atoms with E-state index in [4.69, 9.17) is 5.11 Å². The molecular weight excluding hydrogens is 274 g/mol. The fourth-order valence-electron chi connectivity index (χ4n) is 1.75. The molecule has 1 unspecified atom stereocenters. The number of anilines is 1. The van der Waals surface area contributed by atoms with Crippen LogP contribution in [0.3, 0.4) is 0 Å². The van der Waals surface area contributed by atoms with E-state index in [1.54, 1.807) is 6.92 Å². The SMILES string of the molecule is CCN(CC(C)C(=O)O)c1c(F)cc([N+](=O)[O-])cc1F. The van der Waals surface area contributed by atoms with Gasteiger partial charge in [0.05, 0.1) is 23.0 Å². The maximum absolute atomic E-state index is 13.8. The number of carboxylic acid groups (broad SMARTS) is 1. The fraction of sp³-hybridized carbons (Fsp3) is 0.417. The highest BCUT2D eigenvalue weighted by Crippen LogP contribution is 2.28. The highest BCUT2D eigenvalue weighted by atomic mass is 19.1. The molecule has 0 bridgehead atoms. The van der Waals surface area contributed by atoms with E-state index in [9.17, 15) is 23.7 Å². The first kappa shape index (κ1) is 15.8. The van der Waals surface area contributed by atoms with Gasteiger partial charge in [-0.2, -0.15) is 0 Å². The first-order valence-corrected chi connectivity index (χ1v) is 5.89. The number of rotatable bonds is 6. The van der Waals surface area contributed by atoms with Crippen molar-refractivity contribution in [3.05, 3.63) is 33.9 Å². The highest BCUT2D eigenvalue weighted by molar-refractivity contribution is 5.70. The van der Waals surface area contributed by atoms with Gasteiger partial charge >= 0.3 is 5.97 Å². The molecule has 0 amide bonds. The minimum atomic E-state index is -1.09. The molecule has 0 aliphatic heterocycles. The number of hydrogen-bond donors (Lipinski definition) is 1. The predicted octanol–water partition coefficient (Wildman–Crippen LogP) is 2.42. The monoisotopic (exact) mass is 288 g/mol. The summed E-state index contributed by atoms with van der Waals surface area (Å²) in [6.07, 6.45) is 0. The molecule has 1 rings (SSSR count). The number of hydrogen-bond acceptors (Lipinski definition) is 4. The van der Waals surface area contributed by atoms with Gasteiger partial charge in [0.15, 0.2) is 11.6 Å². The van der Waals surface area contributed by atoms with Crippen LogP contribution in [0.25, 0.3) is 0 Å². The molecule has 6 nitrogen and oxygen atoms in total. The third kappa shape index (κ3) is 3.40. The van der Waals surface area contributed by atoms with Crippen molar-refractivity contribution in [2.24, 2.45) is 5.92 Å². The lowest BCUT2D eigenvalue weighted by molar-refractivity contribution is -0.385. The van der Waals surface area contributed by atoms with Crippen molar-refractivity contribution < 1.29 is 23.6 Å². The van der Waals surface area contributed by atoms with E-state index < -0.39 is 39.8 Å². The summed E-state index contributed by atoms with van der Waals surface area (Å²) in [5.41, 5.74) is -1.14. The zero-order chi connectivity index (χ0) is 15.4. The fourth-order valence-corrected chi connectivity index (χ4v) is 1.75. The minimum absolute atomic E-state index is 0.0997. The molecule has 0 saturated heterocycles. The van der Waals surface area contributed by atoms with Crippen LogP contribution in [0, 0.1) is 27.7 Å². The van der Waals surface area contributed by atoms with Gasteiger partial charge in [-0.3, -0.25) is 14.9 Å². The first-order valence-electron chi connectivity index (χ1n) is 5.89. The standard InChI is InChI=1S/C12H14F2N2O4/c1-3-15(6-7(2)12(17)18)11-9(13)4-8(16(19)20)5-10(11)14/h4-5,7H,3,6H2,1-2H3,(H,17,18). The molecule has 1 N–H and O–H groups in total. The van der Waals surface area contributed by atoms with Crippen LogP contribution in [0.15, 0.2) is 12.1 Å². The highest BCUT2D eigenvalue weighted by Gasteiger charge is 2.23. The van der Waals surface area contributed by atoms with Crippen molar-refractivity contribution in [3.8, 4) is 0 Å². The average Bonchev–Trinajstić information content (AvgIpc) is 2.35. The van der Waals surface area contributed by atoms with Crippen LogP contribution in [-0.2, 0) is 4.79 Å². The maximum atomic E-state index is 13.8. The molecule has 20 heavy (non-hydrogen) atoms. The summed E-state index contributed by atoms with van der Waals surface area (Å²) in [5, 5.41) is 19.3. The molecule has 0 radical (unpaired) electrons. The molecule has 0 heterocycles. The van der Waals surface area contributed by atoms with Crippen LogP contribution >= 0.6 is 0 Å². The van der Waals surface area contributed by atoms with Gasteiger partial charge in [0.1, 0.15) is 5.69 Å². The Kier molecular flexibility index (Phi) is 4.95. The van der Waals surface area contributed by atoms with E-state index in [1.807, 2.05) is 0 Å². The van der Waals surface area contributed by atoms with Crippen molar-refractivity contribution in [1.82, 2.24) is 0 Å². The van der Waals surface area contributed by atoms with Crippen molar-refractivity contribution >= 4 is 17.3 Å². The van der Waals surface area contributed by atoms with Crippen LogP contribution in [0.1, 0.15) is 13.8 Å². The van der Waals surface area contributed by atoms with Gasteiger partial charge in [-0.05, 0) is 6.92 Å². The van der Waals surface area contributed by atoms with Gasteiger partial charge in [-0.25, -0.2) is 8.78 Å². The van der Waals surface area contributed by atoms with Gasteiger partial charge in [0.25, 0.3) is 5.69 Å². The van der Waals surface area contributed by atoms with E-state index in [0.717, 1.165) is 0 Å². The summed E-state index contributed by atoms with van der Waals surface area (Å²) in [6, 6.07) is 1.24. The number of aliphatic carboxylic acids is 1. The van der Waals surface area contributed by atoms with E-state index in [-0.39, 0.29) is 13.1 Å². The largest absolute Gasteiger partial charge is 0.481 e. The Labute approximate surface area is 113 Å². The Hall–Kier alpha value is -2.25. The van der Waals surface area contributed by atoms with Crippen molar-refractivity contribution in [1.29, 1.82) is 0 Å². The summed E-state index contributed by atoms with van der Waals surface area (Å²) < 4.78 is 27.7. The number of nitro groups is 1. The van der Waals surface area contributed by atoms with E-state index in [1.165, 1.54) is 11.8 Å². The Morgan fingerprint density at radius 2 is 1.95 bits per heavy atom. The lowest BCUT2D eigenvalue weighted by Gasteiger charge is -2.25. The van der Waals surface area contributed by atoms with E-state index in [2.05, 4.69) is 0 Å². The summed E-state index contributed by atoms with van der Waals surface area (Å²) >= 11 is 0. The molecule has 8 heteroatoms. The Bertz CT molecular complexity index is 513. The van der Waals surface area contributed by atoms with Gasteiger partial charge in [-0.15, -0.1) is 0 Å². The van der Waals surface area contributed by atoms with Crippen LogP contribution in [0.5, 0.6) is 0 Å². The van der Waals surface area contributed by atoms with E-state index in [0.29, 0.717) is 12.1 Å². The predicted molar refractivity (Wildman–Crippen MR) is 67.7 cm³/mol. The smallest absolute Gasteiger partial charge is 0.308 e. The second-order valence-corrected chi connectivity index (χ2v) is 4.29. The molecule has 0 aromatic heterocycles. The molecule has 110 valence electrons. The average molecular weight is 288 g/mol. The van der Waals surface area contributed by atoms with Crippen LogP contribution in [0.4, 0.5) is 20.2 Å². The molecule has 1 atom stereocenters. The molecule has 1 aromatic carbocycles. The van der Waals surface area contributed by atoms with Gasteiger partial charge in [-0.1, -0.05) is 6.92 Å². The molecule has 0 fully saturated rings. The van der Waals surface area contributed by atoms with Crippen molar-refractivity contribution in [3.63, 3.8) is 0 Å². The summed E-state index contributed by atoms with van der Waals surface area (Å²) in [6.45, 7) is 3.09. The summed E-state index contributed by atoms with van der Waals surface area (Å²) in [7, 11) is 0. The van der Waals surface area contributed by atoms with Crippen LogP contribution in [-0.4, -0.2) is 29.1 Å². The number of halogens is 2. The van der Waals surface area contributed by atoms with Gasteiger partial charge in [0.2, 0.25) is 0 Å². The third-order valence-electron chi connectivity index (χ3n) is 2.83. The van der Waals surface area contributed by atoms with Crippen molar-refractivity contribution in [2.45, 2.75) is 13.8 Å². The first-order chi connectivity index (χ1) is 9.27. The lowest BCUT2D eigenvalue weighted by Crippen LogP contribution is -2.33. The Balaban J connectivity index is 3.16. The summed E-state index contributed by atoms with van der Waals surface area (Å²) in [5.74, 6) is -4.10. The normalized spacial score (nSPS) is 12.0. The third-order valence-corrected chi connectivity index (χ3v) is 2.83. The number of non-ortho nitro benzene ring substituents is 1. The number of nitro benzene ring substituents is 1. The number of carboxylic acids is 1. The zero-order valence-electron chi connectivity index (χ0n) is 11.0. The second kappa shape index (κ2) is 6.27. The van der Waals surface area contributed by atoms with Crippen LogP contribution in [0.2, 0.25) is 0 Å². The number of benzene rings is 1. The molecule has 1 aromatic rings.